The standard InChI is InChI=1S/C63H69BN2/c1-59(2,3)44-25-28-47(29-26-44)65-53-30-27-45(60(4,5)6)33-52(53)64-51-31-42-38-63(13,14)39-43(42)32-55(51)66(57-35-46(61(7,8)9)34-56(65)58(57)64)54-37-48(40-21-17-15-18-22-40)50(62(10,11)12)36-49(54)41-23-19-16-20-24-41/h15-37H,38-39H2,1-14H3. The summed E-state index contributed by atoms with van der Waals surface area (Å²) in [4.78, 5) is 5.32. The van der Waals surface area contributed by atoms with Crippen LogP contribution in [0.1, 0.15) is 130 Å². The number of anilines is 6. The van der Waals surface area contributed by atoms with Gasteiger partial charge in [0.2, 0.25) is 0 Å². The predicted molar refractivity (Wildman–Crippen MR) is 287 cm³/mol. The van der Waals surface area contributed by atoms with E-state index in [2.05, 4.69) is 246 Å². The smallest absolute Gasteiger partial charge is 0.252 e. The molecule has 2 nitrogen and oxygen atoms in total. The summed E-state index contributed by atoms with van der Waals surface area (Å²) in [5.41, 5.74) is 25.1. The highest BCUT2D eigenvalue weighted by Gasteiger charge is 2.46. The van der Waals surface area contributed by atoms with Crippen LogP contribution >= 0.6 is 0 Å². The van der Waals surface area contributed by atoms with Crippen molar-refractivity contribution in [1.29, 1.82) is 0 Å². The summed E-state index contributed by atoms with van der Waals surface area (Å²) >= 11 is 0. The predicted octanol–water partition coefficient (Wildman–Crippen LogP) is 15.4. The molecule has 0 unspecified atom stereocenters. The Balaban J connectivity index is 1.37. The van der Waals surface area contributed by atoms with Crippen LogP contribution in [0.25, 0.3) is 22.3 Å². The van der Waals surface area contributed by atoms with Crippen LogP contribution < -0.4 is 26.2 Å². The van der Waals surface area contributed by atoms with E-state index in [4.69, 9.17) is 0 Å². The third-order valence-corrected chi connectivity index (χ3v) is 14.8. The van der Waals surface area contributed by atoms with Crippen LogP contribution in [0.3, 0.4) is 0 Å². The van der Waals surface area contributed by atoms with Gasteiger partial charge in [-0.05, 0) is 155 Å². The second-order valence-corrected chi connectivity index (χ2v) is 24.7. The molecule has 0 spiro atoms. The highest BCUT2D eigenvalue weighted by atomic mass is 15.2. The normalized spacial score (nSPS) is 15.3. The van der Waals surface area contributed by atoms with Gasteiger partial charge in [0.15, 0.2) is 0 Å². The quantitative estimate of drug-likeness (QED) is 0.163. The fourth-order valence-corrected chi connectivity index (χ4v) is 11.2. The topological polar surface area (TPSA) is 6.48 Å². The Hall–Kier alpha value is -5.80. The molecule has 7 aromatic carbocycles. The van der Waals surface area contributed by atoms with E-state index < -0.39 is 0 Å². The number of rotatable bonds is 4. The minimum absolute atomic E-state index is 0.0217. The average molecular weight is 865 g/mol. The molecule has 0 saturated carbocycles. The minimum Gasteiger partial charge on any atom is -0.311 e. The third kappa shape index (κ3) is 7.51. The number of fused-ring (bicyclic) bond motifs is 5. The monoisotopic (exact) mass is 865 g/mol. The van der Waals surface area contributed by atoms with Crippen LogP contribution in [0, 0.1) is 5.41 Å². The molecule has 0 fully saturated rings. The first-order chi connectivity index (χ1) is 31.0. The van der Waals surface area contributed by atoms with E-state index in [9.17, 15) is 0 Å². The third-order valence-electron chi connectivity index (χ3n) is 14.8. The SMILES string of the molecule is CC1(C)Cc2cc3c(cc2C1)N(c1cc(-c2ccccc2)c(C(C)(C)C)cc1-c1ccccc1)c1cc(C(C)(C)C)cc2c1B3c1cc(C(C)(C)C)ccc1N2c1ccc(C(C)(C)C)cc1. The molecule has 0 bridgehead atoms. The number of benzene rings is 7. The van der Waals surface area contributed by atoms with Crippen LogP contribution in [0.15, 0.2) is 140 Å². The zero-order valence-electron chi connectivity index (χ0n) is 42.2. The lowest BCUT2D eigenvalue weighted by atomic mass is 9.33. The number of hydrogen-bond donors (Lipinski definition) is 0. The van der Waals surface area contributed by atoms with Gasteiger partial charge < -0.3 is 9.80 Å². The lowest BCUT2D eigenvalue weighted by molar-refractivity contribution is 0.392. The van der Waals surface area contributed by atoms with E-state index in [1.54, 1.807) is 0 Å². The molecular weight excluding hydrogens is 796 g/mol. The van der Waals surface area contributed by atoms with E-state index >= 15 is 0 Å². The lowest BCUT2D eigenvalue weighted by Crippen LogP contribution is -2.61. The van der Waals surface area contributed by atoms with Crippen molar-refractivity contribution in [3.63, 3.8) is 0 Å². The van der Waals surface area contributed by atoms with Gasteiger partial charge in [0.05, 0.1) is 5.69 Å². The van der Waals surface area contributed by atoms with E-state index in [0.29, 0.717) is 0 Å². The Kier molecular flexibility index (Phi) is 10.1. The fourth-order valence-electron chi connectivity index (χ4n) is 11.2. The maximum atomic E-state index is 2.71. The van der Waals surface area contributed by atoms with Crippen LogP contribution in [0.5, 0.6) is 0 Å². The van der Waals surface area contributed by atoms with Crippen LogP contribution in [-0.2, 0) is 34.5 Å². The molecule has 3 heteroatoms. The fraction of sp³-hybridized carbons (Fsp3) is 0.333. The Labute approximate surface area is 397 Å². The Bertz CT molecular complexity index is 3020. The summed E-state index contributed by atoms with van der Waals surface area (Å²) in [6.07, 6.45) is 2.15. The molecule has 0 radical (unpaired) electrons. The van der Waals surface area contributed by atoms with Crippen LogP contribution in [0.4, 0.5) is 34.1 Å². The Morgan fingerprint density at radius 2 is 0.924 bits per heavy atom. The molecule has 0 amide bonds. The molecule has 2 heterocycles. The molecule has 0 N–H and O–H groups in total. The summed E-state index contributed by atoms with van der Waals surface area (Å²) in [7, 11) is 0. The second kappa shape index (κ2) is 15.1. The van der Waals surface area contributed by atoms with E-state index in [-0.39, 0.29) is 33.8 Å². The first-order valence-corrected chi connectivity index (χ1v) is 24.5. The molecular formula is C63H69BN2. The first-order valence-electron chi connectivity index (χ1n) is 24.5. The zero-order valence-corrected chi connectivity index (χ0v) is 42.2. The Morgan fingerprint density at radius 1 is 0.409 bits per heavy atom. The highest BCUT2D eigenvalue weighted by molar-refractivity contribution is 7.00. The average Bonchev–Trinajstić information content (AvgIpc) is 3.56. The molecule has 0 aromatic heterocycles. The Morgan fingerprint density at radius 3 is 1.48 bits per heavy atom. The molecule has 0 atom stereocenters. The molecule has 1 aliphatic carbocycles. The molecule has 334 valence electrons. The maximum Gasteiger partial charge on any atom is 0.252 e. The first kappa shape index (κ1) is 44.1. The molecule has 66 heavy (non-hydrogen) atoms. The van der Waals surface area contributed by atoms with Crippen LogP contribution in [0.2, 0.25) is 0 Å². The molecule has 3 aliphatic rings. The summed E-state index contributed by atoms with van der Waals surface area (Å²) in [6.45, 7) is 33.2. The molecule has 10 rings (SSSR count). The zero-order chi connectivity index (χ0) is 46.9. The summed E-state index contributed by atoms with van der Waals surface area (Å²) in [6, 6.07) is 54.5. The summed E-state index contributed by atoms with van der Waals surface area (Å²) in [5, 5.41) is 0. The van der Waals surface area contributed by atoms with E-state index in [0.717, 1.165) is 12.8 Å². The van der Waals surface area contributed by atoms with Crippen LogP contribution in [-0.4, -0.2) is 6.71 Å². The van der Waals surface area contributed by atoms with Crippen molar-refractivity contribution in [2.45, 2.75) is 131 Å². The van der Waals surface area contributed by atoms with E-state index in [1.807, 2.05) is 0 Å². The largest absolute Gasteiger partial charge is 0.311 e. The van der Waals surface area contributed by atoms with Gasteiger partial charge in [-0.2, -0.15) is 0 Å². The van der Waals surface area contributed by atoms with Crippen molar-refractivity contribution in [3.05, 3.63) is 173 Å². The van der Waals surface area contributed by atoms with Gasteiger partial charge in [0.25, 0.3) is 6.71 Å². The minimum atomic E-state index is -0.124. The summed E-state index contributed by atoms with van der Waals surface area (Å²) < 4.78 is 0. The van der Waals surface area contributed by atoms with Crippen molar-refractivity contribution in [1.82, 2.24) is 0 Å². The van der Waals surface area contributed by atoms with E-state index in [1.165, 1.54) is 106 Å². The number of hydrogen-bond acceptors (Lipinski definition) is 2. The summed E-state index contributed by atoms with van der Waals surface area (Å²) in [5.74, 6) is 0. The molecule has 2 aliphatic heterocycles. The molecule has 0 saturated heterocycles. The van der Waals surface area contributed by atoms with Crippen molar-refractivity contribution < 1.29 is 0 Å². The van der Waals surface area contributed by atoms with Gasteiger partial charge in [-0.1, -0.05) is 188 Å². The van der Waals surface area contributed by atoms with Gasteiger partial charge in [0.1, 0.15) is 0 Å². The highest BCUT2D eigenvalue weighted by Crippen LogP contribution is 2.52. The van der Waals surface area contributed by atoms with Crippen molar-refractivity contribution in [2.75, 3.05) is 9.80 Å². The van der Waals surface area contributed by atoms with Gasteiger partial charge in [-0.25, -0.2) is 0 Å². The van der Waals surface area contributed by atoms with Crippen molar-refractivity contribution >= 4 is 57.2 Å². The second-order valence-electron chi connectivity index (χ2n) is 24.7. The molecule has 7 aromatic rings. The maximum absolute atomic E-state index is 2.71. The van der Waals surface area contributed by atoms with Gasteiger partial charge in [-0.3, -0.25) is 0 Å². The number of nitrogens with zero attached hydrogens (tertiary/aromatic N) is 2. The van der Waals surface area contributed by atoms with Crippen molar-refractivity contribution in [2.24, 2.45) is 5.41 Å². The van der Waals surface area contributed by atoms with Gasteiger partial charge in [0, 0.05) is 34.0 Å². The lowest BCUT2D eigenvalue weighted by Gasteiger charge is -2.46. The van der Waals surface area contributed by atoms with Crippen molar-refractivity contribution in [3.8, 4) is 22.3 Å². The van der Waals surface area contributed by atoms with Gasteiger partial charge >= 0.3 is 0 Å². The van der Waals surface area contributed by atoms with Gasteiger partial charge in [-0.15, -0.1) is 0 Å².